The molecule has 4 rings (SSSR count). The van der Waals surface area contributed by atoms with Gasteiger partial charge in [-0.15, -0.1) is 0 Å². The molecular weight excluding hydrogens is 400 g/mol. The summed E-state index contributed by atoms with van der Waals surface area (Å²) in [5, 5.41) is 0. The molecule has 1 aliphatic rings. The Kier molecular flexibility index (Phi) is 7.67. The van der Waals surface area contributed by atoms with E-state index in [-0.39, 0.29) is 0 Å². The minimum Gasteiger partial charge on any atom is -0.369 e. The van der Waals surface area contributed by atoms with E-state index in [2.05, 4.69) is 116 Å². The fourth-order valence-corrected chi connectivity index (χ4v) is 4.87. The molecule has 0 bridgehead atoms. The van der Waals surface area contributed by atoms with Crippen LogP contribution in [-0.4, -0.2) is 37.1 Å². The molecule has 0 radical (unpaired) electrons. The van der Waals surface area contributed by atoms with Gasteiger partial charge in [0, 0.05) is 37.9 Å². The Morgan fingerprint density at radius 1 is 0.727 bits per heavy atom. The topological polar surface area (TPSA) is 6.48 Å². The SMILES string of the molecule is CCC/C(=C(\c1ccc(C)cc1)c1ccc(N2CCN(C(C)C)CC2)cc1)c1ccccc1. The van der Waals surface area contributed by atoms with Crippen molar-refractivity contribution in [3.8, 4) is 0 Å². The van der Waals surface area contributed by atoms with Gasteiger partial charge >= 0.3 is 0 Å². The van der Waals surface area contributed by atoms with Crippen molar-refractivity contribution >= 4 is 16.8 Å². The minimum absolute atomic E-state index is 0.631. The molecule has 1 saturated heterocycles. The predicted octanol–water partition coefficient (Wildman–Crippen LogP) is 7.28. The quantitative estimate of drug-likeness (QED) is 0.358. The number of hydrogen-bond donors (Lipinski definition) is 0. The van der Waals surface area contributed by atoms with E-state index >= 15 is 0 Å². The minimum atomic E-state index is 0.631. The summed E-state index contributed by atoms with van der Waals surface area (Å²) in [7, 11) is 0. The molecule has 0 spiro atoms. The molecule has 0 amide bonds. The summed E-state index contributed by atoms with van der Waals surface area (Å²) >= 11 is 0. The molecule has 0 aromatic heterocycles. The van der Waals surface area contributed by atoms with Crippen LogP contribution in [0.25, 0.3) is 11.1 Å². The zero-order valence-corrected chi connectivity index (χ0v) is 20.7. The second-order valence-electron chi connectivity index (χ2n) is 9.50. The van der Waals surface area contributed by atoms with Crippen molar-refractivity contribution in [1.29, 1.82) is 0 Å². The highest BCUT2D eigenvalue weighted by molar-refractivity contribution is 5.98. The largest absolute Gasteiger partial charge is 0.369 e. The highest BCUT2D eigenvalue weighted by Gasteiger charge is 2.19. The fraction of sp³-hybridized carbons (Fsp3) is 0.355. The van der Waals surface area contributed by atoms with Crippen molar-refractivity contribution in [1.82, 2.24) is 4.90 Å². The van der Waals surface area contributed by atoms with Gasteiger partial charge in [-0.2, -0.15) is 0 Å². The van der Waals surface area contributed by atoms with E-state index in [9.17, 15) is 0 Å². The Hall–Kier alpha value is -2.84. The fourth-order valence-electron chi connectivity index (χ4n) is 4.87. The lowest BCUT2D eigenvalue weighted by Gasteiger charge is -2.38. The third-order valence-corrected chi connectivity index (χ3v) is 6.83. The summed E-state index contributed by atoms with van der Waals surface area (Å²) in [4.78, 5) is 5.10. The average molecular weight is 439 g/mol. The summed E-state index contributed by atoms with van der Waals surface area (Å²) in [5.74, 6) is 0. The summed E-state index contributed by atoms with van der Waals surface area (Å²) in [5.41, 5.74) is 9.35. The molecule has 0 atom stereocenters. The lowest BCUT2D eigenvalue weighted by molar-refractivity contribution is 0.209. The smallest absolute Gasteiger partial charge is 0.0367 e. The Bertz CT molecular complexity index is 1040. The first kappa shape index (κ1) is 23.3. The van der Waals surface area contributed by atoms with Gasteiger partial charge in [0.2, 0.25) is 0 Å². The van der Waals surface area contributed by atoms with Crippen molar-refractivity contribution in [3.63, 3.8) is 0 Å². The van der Waals surface area contributed by atoms with E-state index in [1.807, 2.05) is 0 Å². The number of anilines is 1. The van der Waals surface area contributed by atoms with Crippen molar-refractivity contribution in [3.05, 3.63) is 101 Å². The standard InChI is InChI=1S/C31H38N2/c1-5-9-30(26-10-7-6-8-11-26)31(27-14-12-25(4)13-15-27)28-16-18-29(19-17-28)33-22-20-32(21-23-33)24(2)3/h6-8,10-19,24H,5,9,20-23H2,1-4H3/b31-30-. The van der Waals surface area contributed by atoms with E-state index in [0.717, 1.165) is 39.0 Å². The lowest BCUT2D eigenvalue weighted by Crippen LogP contribution is -2.48. The van der Waals surface area contributed by atoms with Gasteiger partial charge in [0.25, 0.3) is 0 Å². The van der Waals surface area contributed by atoms with Crippen LogP contribution < -0.4 is 4.90 Å². The van der Waals surface area contributed by atoms with Gasteiger partial charge in [-0.3, -0.25) is 4.90 Å². The predicted molar refractivity (Wildman–Crippen MR) is 144 cm³/mol. The first-order valence-electron chi connectivity index (χ1n) is 12.5. The number of aryl methyl sites for hydroxylation is 1. The monoisotopic (exact) mass is 438 g/mol. The zero-order chi connectivity index (χ0) is 23.2. The van der Waals surface area contributed by atoms with E-state index < -0.39 is 0 Å². The third-order valence-electron chi connectivity index (χ3n) is 6.83. The molecule has 1 heterocycles. The van der Waals surface area contributed by atoms with Gasteiger partial charge < -0.3 is 4.90 Å². The van der Waals surface area contributed by atoms with Crippen LogP contribution in [0.1, 0.15) is 55.9 Å². The molecule has 0 aliphatic carbocycles. The molecule has 3 aromatic rings. The van der Waals surface area contributed by atoms with Gasteiger partial charge in [-0.1, -0.05) is 85.6 Å². The van der Waals surface area contributed by atoms with Crippen LogP contribution in [0.2, 0.25) is 0 Å². The van der Waals surface area contributed by atoms with Crippen LogP contribution in [0.3, 0.4) is 0 Å². The van der Waals surface area contributed by atoms with Crippen LogP contribution in [0.5, 0.6) is 0 Å². The number of nitrogens with zero attached hydrogens (tertiary/aromatic N) is 2. The van der Waals surface area contributed by atoms with Crippen molar-refractivity contribution in [2.24, 2.45) is 0 Å². The van der Waals surface area contributed by atoms with Gasteiger partial charge in [0.15, 0.2) is 0 Å². The molecule has 0 unspecified atom stereocenters. The first-order valence-corrected chi connectivity index (χ1v) is 12.5. The Balaban J connectivity index is 1.71. The maximum Gasteiger partial charge on any atom is 0.0367 e. The van der Waals surface area contributed by atoms with Crippen molar-refractivity contribution in [2.75, 3.05) is 31.1 Å². The van der Waals surface area contributed by atoms with Crippen LogP contribution in [0, 0.1) is 6.92 Å². The van der Waals surface area contributed by atoms with E-state index in [4.69, 9.17) is 0 Å². The molecule has 2 heteroatoms. The van der Waals surface area contributed by atoms with Gasteiger partial charge in [-0.25, -0.2) is 0 Å². The summed E-state index contributed by atoms with van der Waals surface area (Å²) < 4.78 is 0. The van der Waals surface area contributed by atoms with E-state index in [1.54, 1.807) is 0 Å². The molecule has 3 aromatic carbocycles. The van der Waals surface area contributed by atoms with Crippen molar-refractivity contribution < 1.29 is 0 Å². The Labute approximate surface area is 200 Å². The molecule has 33 heavy (non-hydrogen) atoms. The molecular formula is C31H38N2. The Morgan fingerprint density at radius 2 is 1.30 bits per heavy atom. The van der Waals surface area contributed by atoms with E-state index in [0.29, 0.717) is 6.04 Å². The molecule has 2 nitrogen and oxygen atoms in total. The number of hydrogen-bond acceptors (Lipinski definition) is 2. The third kappa shape index (κ3) is 5.57. The van der Waals surface area contributed by atoms with E-state index in [1.165, 1.54) is 39.1 Å². The summed E-state index contributed by atoms with van der Waals surface area (Å²) in [6, 6.07) is 29.9. The normalized spacial score (nSPS) is 15.6. The number of allylic oxidation sites excluding steroid dienone is 1. The summed E-state index contributed by atoms with van der Waals surface area (Å²) in [6.07, 6.45) is 2.18. The molecule has 0 saturated carbocycles. The molecule has 1 aliphatic heterocycles. The highest BCUT2D eigenvalue weighted by atomic mass is 15.3. The second-order valence-corrected chi connectivity index (χ2v) is 9.50. The van der Waals surface area contributed by atoms with Crippen LogP contribution in [0.4, 0.5) is 5.69 Å². The molecule has 172 valence electrons. The van der Waals surface area contributed by atoms with Gasteiger partial charge in [0.05, 0.1) is 0 Å². The maximum atomic E-state index is 2.57. The highest BCUT2D eigenvalue weighted by Crippen LogP contribution is 2.36. The summed E-state index contributed by atoms with van der Waals surface area (Å²) in [6.45, 7) is 13.5. The average Bonchev–Trinajstić information content (AvgIpc) is 2.86. The Morgan fingerprint density at radius 3 is 1.85 bits per heavy atom. The van der Waals surface area contributed by atoms with Gasteiger partial charge in [0.1, 0.15) is 0 Å². The van der Waals surface area contributed by atoms with Crippen LogP contribution in [0.15, 0.2) is 78.9 Å². The first-order chi connectivity index (χ1) is 16.1. The van der Waals surface area contributed by atoms with Crippen LogP contribution in [-0.2, 0) is 0 Å². The number of rotatable bonds is 7. The maximum absolute atomic E-state index is 2.57. The van der Waals surface area contributed by atoms with Crippen molar-refractivity contribution in [2.45, 2.75) is 46.6 Å². The number of benzene rings is 3. The number of piperazine rings is 1. The van der Waals surface area contributed by atoms with Gasteiger partial charge in [-0.05, 0) is 67.2 Å². The lowest BCUT2D eigenvalue weighted by atomic mass is 9.87. The van der Waals surface area contributed by atoms with Crippen LogP contribution >= 0.6 is 0 Å². The molecule has 0 N–H and O–H groups in total. The second kappa shape index (κ2) is 10.9. The molecule has 1 fully saturated rings. The zero-order valence-electron chi connectivity index (χ0n) is 20.7.